The number of nitrogens with two attached hydrogens (primary N) is 1. The normalized spacial score (nSPS) is 19.1. The Labute approximate surface area is 305 Å². The third-order valence-corrected chi connectivity index (χ3v) is 9.76. The number of aromatic nitrogens is 5. The van der Waals surface area contributed by atoms with Gasteiger partial charge in [-0.25, -0.2) is 27.8 Å². The number of aliphatic imine (C=N–C) groups is 1. The molecule has 0 saturated heterocycles. The number of amides is 1. The molecule has 18 heteroatoms. The molecular formula is C36H37F7N8O3. The number of alkyl halides is 6. The molecule has 0 unspecified atom stereocenters. The summed E-state index contributed by atoms with van der Waals surface area (Å²) in [4.78, 5) is 37.5. The number of carbonyl (C=O) groups excluding carboxylic acids is 2. The molecule has 2 aromatic carbocycles. The second-order valence-corrected chi connectivity index (χ2v) is 14.9. The molecule has 1 aliphatic heterocycles. The number of ether oxygens (including phenoxy) is 1. The van der Waals surface area contributed by atoms with Gasteiger partial charge in [0.2, 0.25) is 0 Å². The maximum Gasteiger partial charge on any atom is 0.335 e. The average Bonchev–Trinajstić information content (AvgIpc) is 3.40. The predicted molar refractivity (Wildman–Crippen MR) is 180 cm³/mol. The van der Waals surface area contributed by atoms with Crippen LogP contribution in [0.2, 0.25) is 0 Å². The van der Waals surface area contributed by atoms with Crippen molar-refractivity contribution in [3.8, 4) is 22.5 Å². The van der Waals surface area contributed by atoms with E-state index in [0.29, 0.717) is 21.4 Å². The van der Waals surface area contributed by atoms with Gasteiger partial charge in [-0.2, -0.15) is 32.4 Å². The van der Waals surface area contributed by atoms with Crippen molar-refractivity contribution < 1.29 is 45.1 Å². The molecule has 6 rings (SSSR count). The number of benzene rings is 2. The van der Waals surface area contributed by atoms with E-state index in [1.807, 2.05) is 20.8 Å². The molecule has 4 aromatic rings. The van der Waals surface area contributed by atoms with Crippen molar-refractivity contribution in [3.63, 3.8) is 0 Å². The van der Waals surface area contributed by atoms with E-state index in [9.17, 15) is 35.9 Å². The van der Waals surface area contributed by atoms with Crippen LogP contribution in [0.1, 0.15) is 83.6 Å². The number of halogens is 7. The van der Waals surface area contributed by atoms with Gasteiger partial charge >= 0.3 is 19.1 Å². The van der Waals surface area contributed by atoms with E-state index in [4.69, 9.17) is 10.5 Å². The van der Waals surface area contributed by atoms with E-state index in [2.05, 4.69) is 20.2 Å². The van der Waals surface area contributed by atoms with Crippen molar-refractivity contribution in [2.45, 2.75) is 84.0 Å². The minimum absolute atomic E-state index is 0.0643. The first-order valence-electron chi connectivity index (χ1n) is 16.9. The first-order chi connectivity index (χ1) is 25.2. The van der Waals surface area contributed by atoms with Gasteiger partial charge in [-0.1, -0.05) is 51.1 Å². The van der Waals surface area contributed by atoms with E-state index in [-0.39, 0.29) is 35.5 Å². The molecular weight excluding hydrogens is 725 g/mol. The van der Waals surface area contributed by atoms with Gasteiger partial charge in [-0.05, 0) is 60.4 Å². The molecule has 2 aliphatic rings. The molecule has 2 atom stereocenters. The predicted octanol–water partition coefficient (Wildman–Crippen LogP) is 7.64. The highest BCUT2D eigenvalue weighted by Gasteiger charge is 2.60. The zero-order chi connectivity index (χ0) is 39.4. The van der Waals surface area contributed by atoms with Crippen molar-refractivity contribution >= 4 is 17.8 Å². The standard InChI is InChI=1S/C36H37F7N8O3/c1-33(2,3)18-36(23-8-5-20(6-9-23)22-15-46-49(16-22)30(38)39)29(53)50(32(44)48-36)26(17-54-27(52)14-35(11-12-35)34(4,42)43)21-7-10-25(37)24(13-21)28-45-19-47-51(28)31(40)41/h5-10,13,15-16,19,26,30-31H,11-12,14,17-18H2,1-4H3,(H2,44,48)/t26-,36-/m1/s1. The van der Waals surface area contributed by atoms with Gasteiger partial charge < -0.3 is 10.5 Å². The molecule has 1 fully saturated rings. The second-order valence-electron chi connectivity index (χ2n) is 14.9. The van der Waals surface area contributed by atoms with Crippen LogP contribution in [0.25, 0.3) is 22.5 Å². The topological polar surface area (TPSA) is 134 Å². The van der Waals surface area contributed by atoms with Crippen LogP contribution in [0.15, 0.2) is 66.2 Å². The van der Waals surface area contributed by atoms with Crippen LogP contribution in [0.4, 0.5) is 30.7 Å². The number of hydrogen-bond donors (Lipinski definition) is 1. The second kappa shape index (κ2) is 13.8. The summed E-state index contributed by atoms with van der Waals surface area (Å²) in [5, 5.41) is 7.13. The first-order valence-corrected chi connectivity index (χ1v) is 16.9. The van der Waals surface area contributed by atoms with E-state index in [0.717, 1.165) is 30.3 Å². The Morgan fingerprint density at radius 2 is 1.67 bits per heavy atom. The maximum absolute atomic E-state index is 15.3. The minimum atomic E-state index is -3.18. The van der Waals surface area contributed by atoms with Gasteiger partial charge in [0.25, 0.3) is 11.8 Å². The summed E-state index contributed by atoms with van der Waals surface area (Å²) in [7, 11) is 0. The number of guanidine groups is 1. The van der Waals surface area contributed by atoms with Gasteiger partial charge in [-0.3, -0.25) is 14.5 Å². The third-order valence-electron chi connectivity index (χ3n) is 9.76. The lowest BCUT2D eigenvalue weighted by Crippen LogP contribution is -2.47. The number of carbonyl (C=O) groups is 2. The van der Waals surface area contributed by atoms with Crippen molar-refractivity contribution in [1.29, 1.82) is 0 Å². The van der Waals surface area contributed by atoms with E-state index in [1.54, 1.807) is 24.3 Å². The Morgan fingerprint density at radius 1 is 0.981 bits per heavy atom. The number of esters is 1. The lowest BCUT2D eigenvalue weighted by atomic mass is 9.75. The summed E-state index contributed by atoms with van der Waals surface area (Å²) in [5.41, 5.74) is 3.63. The Morgan fingerprint density at radius 3 is 2.24 bits per heavy atom. The van der Waals surface area contributed by atoms with Crippen LogP contribution >= 0.6 is 0 Å². The lowest BCUT2D eigenvalue weighted by Gasteiger charge is -2.35. The molecule has 1 saturated carbocycles. The highest BCUT2D eigenvalue weighted by molar-refractivity contribution is 6.07. The van der Waals surface area contributed by atoms with Crippen molar-refractivity contribution in [1.82, 2.24) is 29.4 Å². The van der Waals surface area contributed by atoms with Crippen LogP contribution < -0.4 is 5.73 Å². The summed E-state index contributed by atoms with van der Waals surface area (Å²) >= 11 is 0. The molecule has 11 nitrogen and oxygen atoms in total. The summed E-state index contributed by atoms with van der Waals surface area (Å²) in [6.07, 6.45) is 2.94. The Balaban J connectivity index is 1.40. The van der Waals surface area contributed by atoms with Crippen LogP contribution in [0, 0.1) is 16.6 Å². The SMILES string of the molecule is CC(C)(C)C[C@]1(c2ccc(-c3cnn(C(F)F)c3)cc2)N=C(N)N([C@H](COC(=O)CC2(C(C)(F)F)CC2)c2ccc(F)c(-c3ncnn3C(F)F)c2)C1=O. The van der Waals surface area contributed by atoms with Crippen molar-refractivity contribution in [2.75, 3.05) is 6.61 Å². The van der Waals surface area contributed by atoms with Crippen molar-refractivity contribution in [2.24, 2.45) is 21.6 Å². The Bertz CT molecular complexity index is 2070. The molecule has 54 heavy (non-hydrogen) atoms. The number of nitrogens with zero attached hydrogens (tertiary/aromatic N) is 7. The van der Waals surface area contributed by atoms with Gasteiger partial charge in [0.1, 0.15) is 18.8 Å². The Kier molecular flexibility index (Phi) is 9.85. The molecule has 0 radical (unpaired) electrons. The summed E-state index contributed by atoms with van der Waals surface area (Å²) < 4.78 is 104. The molecule has 288 valence electrons. The van der Waals surface area contributed by atoms with Gasteiger partial charge in [-0.15, -0.1) is 0 Å². The summed E-state index contributed by atoms with van der Waals surface area (Å²) in [6.45, 7) is -0.352. The number of rotatable bonds is 13. The fourth-order valence-corrected chi connectivity index (χ4v) is 6.85. The van der Waals surface area contributed by atoms with E-state index in [1.165, 1.54) is 18.5 Å². The van der Waals surface area contributed by atoms with Gasteiger partial charge in [0.15, 0.2) is 17.3 Å². The molecule has 2 N–H and O–H groups in total. The molecule has 2 aromatic heterocycles. The number of hydrogen-bond acceptors (Lipinski definition) is 8. The fraction of sp³-hybridized carbons (Fsp3) is 0.444. The minimum Gasteiger partial charge on any atom is -0.463 e. The first kappa shape index (κ1) is 38.4. The van der Waals surface area contributed by atoms with E-state index >= 15 is 4.39 Å². The highest BCUT2D eigenvalue weighted by Crippen LogP contribution is 2.59. The van der Waals surface area contributed by atoms with Crippen LogP contribution in [0.3, 0.4) is 0 Å². The Hall–Kier alpha value is -5.29. The molecule has 1 amide bonds. The smallest absolute Gasteiger partial charge is 0.335 e. The van der Waals surface area contributed by atoms with Crippen LogP contribution in [-0.4, -0.2) is 59.8 Å². The van der Waals surface area contributed by atoms with Crippen LogP contribution in [-0.2, 0) is 19.9 Å². The van der Waals surface area contributed by atoms with E-state index < -0.39 is 83.5 Å². The molecule has 0 spiro atoms. The largest absolute Gasteiger partial charge is 0.463 e. The van der Waals surface area contributed by atoms with Crippen molar-refractivity contribution in [3.05, 3.63) is 78.1 Å². The highest BCUT2D eigenvalue weighted by atomic mass is 19.3. The molecule has 3 heterocycles. The zero-order valence-electron chi connectivity index (χ0n) is 29.6. The van der Waals surface area contributed by atoms with Gasteiger partial charge in [0, 0.05) is 17.2 Å². The molecule has 1 aliphatic carbocycles. The quantitative estimate of drug-likeness (QED) is 0.109. The zero-order valence-corrected chi connectivity index (χ0v) is 29.6. The molecule has 0 bridgehead atoms. The third kappa shape index (κ3) is 7.29. The maximum atomic E-state index is 15.3. The van der Waals surface area contributed by atoms with Crippen LogP contribution in [0.5, 0.6) is 0 Å². The fourth-order valence-electron chi connectivity index (χ4n) is 6.85. The summed E-state index contributed by atoms with van der Waals surface area (Å²) in [6, 6.07) is 8.38. The summed E-state index contributed by atoms with van der Waals surface area (Å²) in [5.74, 6) is -6.64. The monoisotopic (exact) mass is 762 g/mol. The van der Waals surface area contributed by atoms with Gasteiger partial charge in [0.05, 0.1) is 24.2 Å². The average molecular weight is 763 g/mol. The lowest BCUT2D eigenvalue weighted by molar-refractivity contribution is -0.153.